The Balaban J connectivity index is 2.51. The molecule has 0 saturated carbocycles. The van der Waals surface area contributed by atoms with Gasteiger partial charge in [-0.3, -0.25) is 4.98 Å². The van der Waals surface area contributed by atoms with Gasteiger partial charge in [-0.1, -0.05) is 6.07 Å². The fourth-order valence-corrected chi connectivity index (χ4v) is 0.874. The van der Waals surface area contributed by atoms with Crippen molar-refractivity contribution < 1.29 is 5.11 Å². The smallest absolute Gasteiger partial charge is 0.0703 e. The second-order valence-electron chi connectivity index (χ2n) is 2.45. The lowest BCUT2D eigenvalue weighted by Crippen LogP contribution is -2.21. The zero-order valence-corrected chi connectivity index (χ0v) is 6.27. The molecule has 1 heterocycles. The fraction of sp³-hybridized carbons (Fsp3) is 0.375. The van der Waals surface area contributed by atoms with Crippen LogP contribution in [0.15, 0.2) is 24.5 Å². The summed E-state index contributed by atoms with van der Waals surface area (Å²) in [6.45, 7) is 0.300. The van der Waals surface area contributed by atoms with Gasteiger partial charge in [-0.25, -0.2) is 0 Å². The Morgan fingerprint density at radius 1 is 1.64 bits per heavy atom. The van der Waals surface area contributed by atoms with E-state index in [9.17, 15) is 0 Å². The van der Waals surface area contributed by atoms with Crippen LogP contribution in [-0.4, -0.2) is 22.7 Å². The minimum absolute atomic E-state index is 0.300. The Morgan fingerprint density at radius 3 is 3.00 bits per heavy atom. The first-order valence-corrected chi connectivity index (χ1v) is 3.60. The summed E-state index contributed by atoms with van der Waals surface area (Å²) in [5.41, 5.74) is 6.27. The van der Waals surface area contributed by atoms with E-state index in [2.05, 4.69) is 4.98 Å². The van der Waals surface area contributed by atoms with E-state index in [1.54, 1.807) is 12.4 Å². The number of hydrogen-bond acceptors (Lipinski definition) is 3. The van der Waals surface area contributed by atoms with Crippen LogP contribution in [0.25, 0.3) is 0 Å². The van der Waals surface area contributed by atoms with Crippen molar-refractivity contribution in [3.05, 3.63) is 30.1 Å². The topological polar surface area (TPSA) is 59.1 Å². The molecule has 0 aromatic carbocycles. The van der Waals surface area contributed by atoms with Crippen LogP contribution in [0.1, 0.15) is 5.56 Å². The molecule has 0 bridgehead atoms. The second kappa shape index (κ2) is 4.05. The first kappa shape index (κ1) is 8.17. The molecular weight excluding hydrogens is 140 g/mol. The first-order valence-electron chi connectivity index (χ1n) is 3.60. The van der Waals surface area contributed by atoms with E-state index in [1.165, 1.54) is 0 Å². The Labute approximate surface area is 65.9 Å². The molecule has 3 nitrogen and oxygen atoms in total. The Morgan fingerprint density at radius 2 is 2.45 bits per heavy atom. The van der Waals surface area contributed by atoms with E-state index in [-0.39, 0.29) is 0 Å². The molecule has 0 aliphatic rings. The van der Waals surface area contributed by atoms with Gasteiger partial charge in [-0.15, -0.1) is 0 Å². The molecule has 1 atom stereocenters. The summed E-state index contributed by atoms with van der Waals surface area (Å²) in [4.78, 5) is 3.92. The normalized spacial score (nSPS) is 12.9. The van der Waals surface area contributed by atoms with Crippen molar-refractivity contribution >= 4 is 0 Å². The third-order valence-electron chi connectivity index (χ3n) is 1.47. The van der Waals surface area contributed by atoms with Crippen molar-refractivity contribution in [2.75, 3.05) is 6.54 Å². The number of nitrogens with zero attached hydrogens (tertiary/aromatic N) is 1. The number of aliphatic hydroxyl groups is 1. The van der Waals surface area contributed by atoms with Crippen LogP contribution in [0.3, 0.4) is 0 Å². The maximum Gasteiger partial charge on any atom is 0.0703 e. The highest BCUT2D eigenvalue weighted by molar-refractivity contribution is 5.09. The number of rotatable bonds is 3. The molecule has 3 N–H and O–H groups in total. The molecule has 60 valence electrons. The largest absolute Gasteiger partial charge is 0.391 e. The summed E-state index contributed by atoms with van der Waals surface area (Å²) in [7, 11) is 0. The van der Waals surface area contributed by atoms with Crippen LogP contribution in [0.4, 0.5) is 0 Å². The van der Waals surface area contributed by atoms with Crippen molar-refractivity contribution in [2.45, 2.75) is 12.5 Å². The van der Waals surface area contributed by atoms with E-state index in [0.29, 0.717) is 13.0 Å². The Bertz CT molecular complexity index is 201. The van der Waals surface area contributed by atoms with E-state index >= 15 is 0 Å². The van der Waals surface area contributed by atoms with Crippen molar-refractivity contribution in [1.82, 2.24) is 4.98 Å². The van der Waals surface area contributed by atoms with Crippen molar-refractivity contribution in [2.24, 2.45) is 5.73 Å². The predicted octanol–water partition coefficient (Wildman–Crippen LogP) is -0.0563. The van der Waals surface area contributed by atoms with Gasteiger partial charge < -0.3 is 10.8 Å². The Kier molecular flexibility index (Phi) is 3.01. The van der Waals surface area contributed by atoms with Crippen molar-refractivity contribution in [3.63, 3.8) is 0 Å². The molecule has 0 fully saturated rings. The van der Waals surface area contributed by atoms with Gasteiger partial charge in [0.15, 0.2) is 0 Å². The van der Waals surface area contributed by atoms with Crippen LogP contribution in [0.2, 0.25) is 0 Å². The molecule has 1 aromatic rings. The minimum atomic E-state index is -0.445. The lowest BCUT2D eigenvalue weighted by Gasteiger charge is -2.05. The average Bonchev–Trinajstić information content (AvgIpc) is 2.06. The quantitative estimate of drug-likeness (QED) is 0.638. The number of aliphatic hydroxyl groups excluding tert-OH is 1. The van der Waals surface area contributed by atoms with Crippen LogP contribution in [0.5, 0.6) is 0 Å². The molecule has 0 unspecified atom stereocenters. The second-order valence-corrected chi connectivity index (χ2v) is 2.45. The zero-order valence-electron chi connectivity index (χ0n) is 6.27. The predicted molar refractivity (Wildman–Crippen MR) is 43.0 cm³/mol. The fourth-order valence-electron chi connectivity index (χ4n) is 0.874. The molecule has 11 heavy (non-hydrogen) atoms. The van der Waals surface area contributed by atoms with Gasteiger partial charge in [0.05, 0.1) is 6.10 Å². The summed E-state index contributed by atoms with van der Waals surface area (Å²) in [5, 5.41) is 9.16. The SMILES string of the molecule is NC[C@H](O)Cc1cccnc1. The highest BCUT2D eigenvalue weighted by Gasteiger charge is 2.01. The molecular formula is C8H12N2O. The van der Waals surface area contributed by atoms with E-state index < -0.39 is 6.10 Å². The van der Waals surface area contributed by atoms with Gasteiger partial charge in [-0.05, 0) is 11.6 Å². The lowest BCUT2D eigenvalue weighted by molar-refractivity contribution is 0.183. The third kappa shape index (κ3) is 2.65. The van der Waals surface area contributed by atoms with Gasteiger partial charge in [-0.2, -0.15) is 0 Å². The third-order valence-corrected chi connectivity index (χ3v) is 1.47. The van der Waals surface area contributed by atoms with Crippen LogP contribution in [0, 0.1) is 0 Å². The molecule has 0 aliphatic carbocycles. The van der Waals surface area contributed by atoms with E-state index in [1.807, 2.05) is 12.1 Å². The molecule has 1 aromatic heterocycles. The van der Waals surface area contributed by atoms with Gasteiger partial charge in [0.1, 0.15) is 0 Å². The van der Waals surface area contributed by atoms with Crippen LogP contribution < -0.4 is 5.73 Å². The van der Waals surface area contributed by atoms with Crippen molar-refractivity contribution in [3.8, 4) is 0 Å². The Hall–Kier alpha value is -0.930. The van der Waals surface area contributed by atoms with Gasteiger partial charge in [0, 0.05) is 25.4 Å². The summed E-state index contributed by atoms with van der Waals surface area (Å²) >= 11 is 0. The summed E-state index contributed by atoms with van der Waals surface area (Å²) in [5.74, 6) is 0. The van der Waals surface area contributed by atoms with Gasteiger partial charge in [0.25, 0.3) is 0 Å². The van der Waals surface area contributed by atoms with E-state index in [4.69, 9.17) is 10.8 Å². The number of aromatic nitrogens is 1. The summed E-state index contributed by atoms with van der Waals surface area (Å²) < 4.78 is 0. The molecule has 0 aliphatic heterocycles. The minimum Gasteiger partial charge on any atom is -0.391 e. The molecule has 0 radical (unpaired) electrons. The molecule has 1 rings (SSSR count). The average molecular weight is 152 g/mol. The van der Waals surface area contributed by atoms with Crippen LogP contribution in [-0.2, 0) is 6.42 Å². The number of nitrogens with two attached hydrogens (primary N) is 1. The molecule has 0 spiro atoms. The highest BCUT2D eigenvalue weighted by Crippen LogP contribution is 1.99. The van der Waals surface area contributed by atoms with Gasteiger partial charge >= 0.3 is 0 Å². The summed E-state index contributed by atoms with van der Waals surface area (Å²) in [6.07, 6.45) is 3.58. The molecule has 0 saturated heterocycles. The summed E-state index contributed by atoms with van der Waals surface area (Å²) in [6, 6.07) is 3.77. The van der Waals surface area contributed by atoms with Crippen LogP contribution >= 0.6 is 0 Å². The maximum atomic E-state index is 9.16. The first-order chi connectivity index (χ1) is 5.33. The molecule has 0 amide bonds. The lowest BCUT2D eigenvalue weighted by atomic mass is 10.1. The number of pyridine rings is 1. The van der Waals surface area contributed by atoms with E-state index in [0.717, 1.165) is 5.56 Å². The highest BCUT2D eigenvalue weighted by atomic mass is 16.3. The van der Waals surface area contributed by atoms with Crippen molar-refractivity contribution in [1.29, 1.82) is 0 Å². The molecule has 3 heteroatoms. The zero-order chi connectivity index (χ0) is 8.10. The maximum absolute atomic E-state index is 9.16. The van der Waals surface area contributed by atoms with Gasteiger partial charge in [0.2, 0.25) is 0 Å². The standard InChI is InChI=1S/C8H12N2O/c9-5-8(11)4-7-2-1-3-10-6-7/h1-3,6,8,11H,4-5,9H2/t8-/m1/s1. The number of hydrogen-bond donors (Lipinski definition) is 2. The monoisotopic (exact) mass is 152 g/mol.